The molecule has 0 unspecified atom stereocenters. The first-order chi connectivity index (χ1) is 6.74. The van der Waals surface area contributed by atoms with Crippen LogP contribution in [0, 0.1) is 0 Å². The van der Waals surface area contributed by atoms with Gasteiger partial charge in [0.15, 0.2) is 0 Å². The molecular weight excluding hydrogens is 216 g/mol. The van der Waals surface area contributed by atoms with E-state index in [4.69, 9.17) is 11.6 Å². The predicted molar refractivity (Wildman–Crippen MR) is 62.1 cm³/mol. The first kappa shape index (κ1) is 10.4. The SMILES string of the molecule is C[C@H]1CN(Cc2cc(Cl)cs2)CCN1. The molecular formula is C10H15ClN2S. The molecule has 1 saturated heterocycles. The average Bonchev–Trinajstić information content (AvgIpc) is 2.51. The molecule has 1 aliphatic heterocycles. The Labute approximate surface area is 93.9 Å². The summed E-state index contributed by atoms with van der Waals surface area (Å²) in [5.41, 5.74) is 0. The fourth-order valence-electron chi connectivity index (χ4n) is 1.81. The van der Waals surface area contributed by atoms with Crippen LogP contribution < -0.4 is 5.32 Å². The molecule has 14 heavy (non-hydrogen) atoms. The Balaban J connectivity index is 1.90. The number of thiophene rings is 1. The molecule has 0 bridgehead atoms. The number of nitrogens with one attached hydrogen (secondary N) is 1. The van der Waals surface area contributed by atoms with Crippen LogP contribution in [0.3, 0.4) is 0 Å². The Kier molecular flexibility index (Phi) is 3.44. The average molecular weight is 231 g/mol. The molecule has 1 aliphatic rings. The first-order valence-electron chi connectivity index (χ1n) is 4.92. The summed E-state index contributed by atoms with van der Waals surface area (Å²) in [4.78, 5) is 3.84. The van der Waals surface area contributed by atoms with Gasteiger partial charge in [0.2, 0.25) is 0 Å². The van der Waals surface area contributed by atoms with Crippen molar-refractivity contribution in [1.29, 1.82) is 0 Å². The summed E-state index contributed by atoms with van der Waals surface area (Å²) in [5, 5.41) is 6.31. The Morgan fingerprint density at radius 3 is 3.21 bits per heavy atom. The predicted octanol–water partition coefficient (Wildman–Crippen LogP) is 2.20. The number of halogens is 1. The third-order valence-corrected chi connectivity index (χ3v) is 3.72. The Morgan fingerprint density at radius 2 is 2.57 bits per heavy atom. The van der Waals surface area contributed by atoms with E-state index in [1.807, 2.05) is 5.38 Å². The van der Waals surface area contributed by atoms with E-state index in [1.165, 1.54) is 4.88 Å². The highest BCUT2D eigenvalue weighted by atomic mass is 35.5. The van der Waals surface area contributed by atoms with Gasteiger partial charge in [-0.05, 0) is 13.0 Å². The van der Waals surface area contributed by atoms with E-state index in [1.54, 1.807) is 11.3 Å². The summed E-state index contributed by atoms with van der Waals surface area (Å²) in [7, 11) is 0. The monoisotopic (exact) mass is 230 g/mol. The molecule has 0 amide bonds. The molecule has 2 nitrogen and oxygen atoms in total. The Morgan fingerprint density at radius 1 is 1.71 bits per heavy atom. The first-order valence-corrected chi connectivity index (χ1v) is 6.18. The van der Waals surface area contributed by atoms with Gasteiger partial charge in [0, 0.05) is 42.5 Å². The summed E-state index contributed by atoms with van der Waals surface area (Å²) in [6, 6.07) is 2.68. The van der Waals surface area contributed by atoms with Crippen LogP contribution in [0.4, 0.5) is 0 Å². The van der Waals surface area contributed by atoms with Crippen LogP contribution in [0.5, 0.6) is 0 Å². The minimum absolute atomic E-state index is 0.610. The molecule has 1 aromatic heterocycles. The van der Waals surface area contributed by atoms with Crippen molar-refractivity contribution in [3.05, 3.63) is 21.3 Å². The number of hydrogen-bond acceptors (Lipinski definition) is 3. The van der Waals surface area contributed by atoms with Gasteiger partial charge in [-0.2, -0.15) is 0 Å². The minimum Gasteiger partial charge on any atom is -0.312 e. The molecule has 1 fully saturated rings. The molecule has 1 aromatic rings. The number of piperazine rings is 1. The lowest BCUT2D eigenvalue weighted by atomic mass is 10.2. The van der Waals surface area contributed by atoms with Crippen LogP contribution in [-0.2, 0) is 6.54 Å². The van der Waals surface area contributed by atoms with Gasteiger partial charge in [-0.25, -0.2) is 0 Å². The lowest BCUT2D eigenvalue weighted by Gasteiger charge is -2.31. The summed E-state index contributed by atoms with van der Waals surface area (Å²) < 4.78 is 0. The normalized spacial score (nSPS) is 24.0. The van der Waals surface area contributed by atoms with E-state index >= 15 is 0 Å². The van der Waals surface area contributed by atoms with Crippen LogP contribution in [0.25, 0.3) is 0 Å². The molecule has 0 spiro atoms. The van der Waals surface area contributed by atoms with Crippen LogP contribution in [0.1, 0.15) is 11.8 Å². The summed E-state index contributed by atoms with van der Waals surface area (Å²) in [5.74, 6) is 0. The quantitative estimate of drug-likeness (QED) is 0.838. The summed E-state index contributed by atoms with van der Waals surface area (Å²) >= 11 is 7.64. The maximum atomic E-state index is 5.89. The molecule has 1 atom stereocenters. The van der Waals surface area contributed by atoms with Gasteiger partial charge in [0.1, 0.15) is 0 Å². The lowest BCUT2D eigenvalue weighted by Crippen LogP contribution is -2.48. The largest absolute Gasteiger partial charge is 0.312 e. The van der Waals surface area contributed by atoms with Crippen molar-refractivity contribution in [2.75, 3.05) is 19.6 Å². The van der Waals surface area contributed by atoms with Gasteiger partial charge in [0.05, 0.1) is 5.02 Å². The van der Waals surface area contributed by atoms with Gasteiger partial charge in [-0.15, -0.1) is 11.3 Å². The topological polar surface area (TPSA) is 15.3 Å². The van der Waals surface area contributed by atoms with Gasteiger partial charge in [-0.3, -0.25) is 4.90 Å². The van der Waals surface area contributed by atoms with Crippen molar-refractivity contribution in [3.63, 3.8) is 0 Å². The zero-order valence-electron chi connectivity index (χ0n) is 8.29. The van der Waals surface area contributed by atoms with E-state index in [2.05, 4.69) is 23.2 Å². The third-order valence-electron chi connectivity index (χ3n) is 2.45. The fraction of sp³-hybridized carbons (Fsp3) is 0.600. The lowest BCUT2D eigenvalue weighted by molar-refractivity contribution is 0.201. The fourth-order valence-corrected chi connectivity index (χ4v) is 2.93. The Bertz CT molecular complexity index is 300. The number of rotatable bonds is 2. The van der Waals surface area contributed by atoms with E-state index in [9.17, 15) is 0 Å². The van der Waals surface area contributed by atoms with E-state index in [-0.39, 0.29) is 0 Å². The molecule has 2 rings (SSSR count). The van der Waals surface area contributed by atoms with Crippen molar-refractivity contribution in [1.82, 2.24) is 10.2 Å². The minimum atomic E-state index is 0.610. The van der Waals surface area contributed by atoms with Crippen molar-refractivity contribution < 1.29 is 0 Å². The number of nitrogens with zero attached hydrogens (tertiary/aromatic N) is 1. The van der Waals surface area contributed by atoms with Gasteiger partial charge >= 0.3 is 0 Å². The molecule has 1 N–H and O–H groups in total. The summed E-state index contributed by atoms with van der Waals surface area (Å²) in [6.07, 6.45) is 0. The highest BCUT2D eigenvalue weighted by Gasteiger charge is 2.15. The molecule has 2 heterocycles. The molecule has 0 radical (unpaired) electrons. The zero-order chi connectivity index (χ0) is 9.97. The van der Waals surface area contributed by atoms with E-state index in [0.717, 1.165) is 31.2 Å². The number of hydrogen-bond donors (Lipinski definition) is 1. The van der Waals surface area contributed by atoms with Crippen molar-refractivity contribution in [2.24, 2.45) is 0 Å². The van der Waals surface area contributed by atoms with Crippen LogP contribution in [0.15, 0.2) is 11.4 Å². The molecule has 0 aliphatic carbocycles. The molecule has 78 valence electrons. The standard InChI is InChI=1S/C10H15ClN2S/c1-8-5-13(3-2-12-8)6-10-4-9(11)7-14-10/h4,7-8,12H,2-3,5-6H2,1H3/t8-/m0/s1. The molecule has 0 saturated carbocycles. The van der Waals surface area contributed by atoms with Crippen molar-refractivity contribution >= 4 is 22.9 Å². The van der Waals surface area contributed by atoms with E-state index < -0.39 is 0 Å². The van der Waals surface area contributed by atoms with Crippen LogP contribution >= 0.6 is 22.9 Å². The Hall–Kier alpha value is -0.0900. The third kappa shape index (κ3) is 2.70. The van der Waals surface area contributed by atoms with Crippen molar-refractivity contribution in [2.45, 2.75) is 19.5 Å². The second-order valence-corrected chi connectivity index (χ2v) is 5.25. The van der Waals surface area contributed by atoms with Crippen LogP contribution in [0.2, 0.25) is 5.02 Å². The second-order valence-electron chi connectivity index (χ2n) is 3.82. The maximum Gasteiger partial charge on any atom is 0.0516 e. The zero-order valence-corrected chi connectivity index (χ0v) is 9.87. The highest BCUT2D eigenvalue weighted by molar-refractivity contribution is 7.10. The van der Waals surface area contributed by atoms with Gasteiger partial charge in [-0.1, -0.05) is 11.6 Å². The smallest absolute Gasteiger partial charge is 0.0516 e. The van der Waals surface area contributed by atoms with E-state index in [0.29, 0.717) is 6.04 Å². The highest BCUT2D eigenvalue weighted by Crippen LogP contribution is 2.20. The van der Waals surface area contributed by atoms with Crippen LogP contribution in [-0.4, -0.2) is 30.6 Å². The summed E-state index contributed by atoms with van der Waals surface area (Å²) in [6.45, 7) is 6.65. The molecule has 4 heteroatoms. The second kappa shape index (κ2) is 4.62. The molecule has 0 aromatic carbocycles. The van der Waals surface area contributed by atoms with Gasteiger partial charge in [0.25, 0.3) is 0 Å². The maximum absolute atomic E-state index is 5.89. The van der Waals surface area contributed by atoms with Crippen molar-refractivity contribution in [3.8, 4) is 0 Å². The van der Waals surface area contributed by atoms with Gasteiger partial charge < -0.3 is 5.32 Å².